The van der Waals surface area contributed by atoms with Crippen LogP contribution in [0.1, 0.15) is 17.5 Å². The van der Waals surface area contributed by atoms with Gasteiger partial charge in [-0.1, -0.05) is 44.0 Å². The largest absolute Gasteiger partial charge is 0.469 e. The third-order valence-electron chi connectivity index (χ3n) is 5.43. The molecule has 12 heteroatoms. The minimum Gasteiger partial charge on any atom is -0.469 e. The van der Waals surface area contributed by atoms with E-state index in [9.17, 15) is 9.59 Å². The lowest BCUT2D eigenvalue weighted by Gasteiger charge is -2.17. The van der Waals surface area contributed by atoms with E-state index >= 15 is 0 Å². The molecule has 2 rings (SSSR count). The van der Waals surface area contributed by atoms with E-state index in [-0.39, 0.29) is 23.5 Å². The first kappa shape index (κ1) is 28.3. The Labute approximate surface area is 212 Å². The molecule has 0 radical (unpaired) electrons. The van der Waals surface area contributed by atoms with Crippen molar-refractivity contribution in [3.63, 3.8) is 0 Å². The van der Waals surface area contributed by atoms with Gasteiger partial charge in [0.2, 0.25) is 0 Å². The Hall–Kier alpha value is -2.96. The summed E-state index contributed by atoms with van der Waals surface area (Å²) in [6.07, 6.45) is 1.18. The van der Waals surface area contributed by atoms with E-state index in [0.29, 0.717) is 30.4 Å². The molecule has 0 atom stereocenters. The molecule has 0 bridgehead atoms. The van der Waals surface area contributed by atoms with Gasteiger partial charge in [-0.3, -0.25) is 14.3 Å². The summed E-state index contributed by atoms with van der Waals surface area (Å²) >= 11 is 5.25. The van der Waals surface area contributed by atoms with E-state index in [0.717, 1.165) is 17.3 Å². The van der Waals surface area contributed by atoms with E-state index < -0.39 is 14.0 Å². The van der Waals surface area contributed by atoms with Crippen molar-refractivity contribution in [1.29, 1.82) is 5.41 Å². The number of aromatic nitrogens is 2. The average Bonchev–Trinajstić information content (AvgIpc) is 3.01. The molecule has 0 fully saturated rings. The van der Waals surface area contributed by atoms with Crippen molar-refractivity contribution in [1.82, 2.24) is 9.36 Å². The predicted molar refractivity (Wildman–Crippen MR) is 148 cm³/mol. The van der Waals surface area contributed by atoms with Gasteiger partial charge < -0.3 is 30.8 Å². The molecule has 4 N–H and O–H groups in total. The van der Waals surface area contributed by atoms with Gasteiger partial charge in [-0.05, 0) is 17.7 Å². The number of anilines is 3. The molecule has 0 aliphatic rings. The fraction of sp³-hybridized carbons (Fsp3) is 0.478. The van der Waals surface area contributed by atoms with Crippen molar-refractivity contribution in [3.05, 3.63) is 39.7 Å². The Bertz CT molecular complexity index is 1120. The van der Waals surface area contributed by atoms with Gasteiger partial charge >= 0.3 is 5.97 Å². The SMILES string of the molecule is CNc1c(NC(=S)CC(=O)OC)n(C)n(Cc2cccc(NCOCC[Si](C)(C)C)c2C=N)c1=O. The molecule has 0 saturated heterocycles. The number of methoxy groups -OCH3 is 1. The number of ether oxygens (including phenoxy) is 2. The predicted octanol–water partition coefficient (Wildman–Crippen LogP) is 3.30. The van der Waals surface area contributed by atoms with E-state index in [2.05, 4.69) is 40.3 Å². The summed E-state index contributed by atoms with van der Waals surface area (Å²) in [5.41, 5.74) is 2.29. The standard InChI is InChI=1S/C23H36N6O4SSi/c1-25-21-22(27-19(34)12-20(30)32-3)28(2)29(23(21)31)14-16-8-7-9-18(17(16)13-24)26-15-33-10-11-35(4,5)6/h7-9,13,24-26H,10-12,14-15H2,1-6H3,(H,27,34). The molecule has 0 aliphatic heterocycles. The molecule has 192 valence electrons. The van der Waals surface area contributed by atoms with Crippen LogP contribution in [-0.2, 0) is 27.9 Å². The molecule has 0 unspecified atom stereocenters. The highest BCUT2D eigenvalue weighted by Gasteiger charge is 2.20. The number of benzene rings is 1. The topological polar surface area (TPSA) is 122 Å². The molecular weight excluding hydrogens is 484 g/mol. The molecule has 1 aromatic carbocycles. The molecule has 35 heavy (non-hydrogen) atoms. The van der Waals surface area contributed by atoms with Crippen LogP contribution in [0.15, 0.2) is 23.0 Å². The normalized spacial score (nSPS) is 11.1. The van der Waals surface area contributed by atoms with Gasteiger partial charge in [0.25, 0.3) is 5.56 Å². The number of carbonyl (C=O) groups is 1. The molecule has 2 aromatic rings. The summed E-state index contributed by atoms with van der Waals surface area (Å²) in [7, 11) is 3.50. The first-order valence-corrected chi connectivity index (χ1v) is 15.4. The van der Waals surface area contributed by atoms with Crippen LogP contribution in [0.4, 0.5) is 17.2 Å². The first-order chi connectivity index (χ1) is 16.5. The maximum Gasteiger partial charge on any atom is 0.312 e. The lowest BCUT2D eigenvalue weighted by atomic mass is 10.1. The summed E-state index contributed by atoms with van der Waals surface area (Å²) in [5, 5.41) is 17.1. The Morgan fingerprint density at radius 1 is 1.29 bits per heavy atom. The average molecular weight is 521 g/mol. The van der Waals surface area contributed by atoms with Crippen LogP contribution in [0.5, 0.6) is 0 Å². The second kappa shape index (κ2) is 12.7. The number of esters is 1. The highest BCUT2D eigenvalue weighted by Crippen LogP contribution is 2.22. The Morgan fingerprint density at radius 2 is 2.00 bits per heavy atom. The molecule has 0 aliphatic carbocycles. The molecule has 0 spiro atoms. The third kappa shape index (κ3) is 7.77. The van der Waals surface area contributed by atoms with Gasteiger partial charge in [-0.15, -0.1) is 0 Å². The van der Waals surface area contributed by atoms with Crippen molar-refractivity contribution in [2.75, 3.05) is 43.4 Å². The number of nitrogens with one attached hydrogen (secondary N) is 4. The number of hydrogen-bond acceptors (Lipinski definition) is 8. The number of rotatable bonds is 13. The third-order valence-corrected chi connectivity index (χ3v) is 7.38. The second-order valence-corrected chi connectivity index (χ2v) is 15.3. The van der Waals surface area contributed by atoms with Crippen molar-refractivity contribution < 1.29 is 14.3 Å². The van der Waals surface area contributed by atoms with E-state index in [1.54, 1.807) is 18.8 Å². The quantitative estimate of drug-likeness (QED) is 0.0793. The molecule has 1 aromatic heterocycles. The lowest BCUT2D eigenvalue weighted by Crippen LogP contribution is -2.24. The molecule has 0 amide bonds. The summed E-state index contributed by atoms with van der Waals surface area (Å²) < 4.78 is 13.6. The zero-order chi connectivity index (χ0) is 26.2. The van der Waals surface area contributed by atoms with Crippen molar-refractivity contribution >= 4 is 54.7 Å². The van der Waals surface area contributed by atoms with Crippen LogP contribution in [0.3, 0.4) is 0 Å². The minimum absolute atomic E-state index is 0.0972. The zero-order valence-corrected chi connectivity index (χ0v) is 23.1. The minimum atomic E-state index is -1.16. The lowest BCUT2D eigenvalue weighted by molar-refractivity contribution is -0.139. The van der Waals surface area contributed by atoms with Crippen LogP contribution >= 0.6 is 12.2 Å². The second-order valence-electron chi connectivity index (χ2n) is 9.22. The summed E-state index contributed by atoms with van der Waals surface area (Å²) in [6.45, 7) is 8.18. The molecule has 0 saturated carbocycles. The van der Waals surface area contributed by atoms with Gasteiger partial charge in [0.1, 0.15) is 12.4 Å². The highest BCUT2D eigenvalue weighted by atomic mass is 32.1. The van der Waals surface area contributed by atoms with E-state index in [1.807, 2.05) is 18.2 Å². The van der Waals surface area contributed by atoms with Crippen LogP contribution in [0.2, 0.25) is 25.7 Å². The van der Waals surface area contributed by atoms with Crippen LogP contribution in [-0.4, -0.2) is 62.1 Å². The van der Waals surface area contributed by atoms with Gasteiger partial charge in [-0.25, -0.2) is 4.68 Å². The van der Waals surface area contributed by atoms with Crippen molar-refractivity contribution in [2.45, 2.75) is 38.7 Å². The van der Waals surface area contributed by atoms with Crippen molar-refractivity contribution in [2.24, 2.45) is 7.05 Å². The molecular formula is C23H36N6O4SSi. The first-order valence-electron chi connectivity index (χ1n) is 11.3. The van der Waals surface area contributed by atoms with Crippen LogP contribution in [0, 0.1) is 5.41 Å². The Morgan fingerprint density at radius 3 is 2.60 bits per heavy atom. The number of nitrogens with zero attached hydrogens (tertiary/aromatic N) is 2. The summed E-state index contributed by atoms with van der Waals surface area (Å²) in [4.78, 5) is 24.9. The van der Waals surface area contributed by atoms with Crippen LogP contribution < -0.4 is 21.5 Å². The van der Waals surface area contributed by atoms with Gasteiger partial charge in [0.15, 0.2) is 5.82 Å². The fourth-order valence-electron chi connectivity index (χ4n) is 3.39. The smallest absolute Gasteiger partial charge is 0.312 e. The monoisotopic (exact) mass is 520 g/mol. The van der Waals surface area contributed by atoms with Crippen molar-refractivity contribution in [3.8, 4) is 0 Å². The number of carbonyl (C=O) groups excluding carboxylic acids is 1. The zero-order valence-electron chi connectivity index (χ0n) is 21.3. The molecule has 1 heterocycles. The van der Waals surface area contributed by atoms with Gasteiger partial charge in [0.05, 0.1) is 25.1 Å². The highest BCUT2D eigenvalue weighted by molar-refractivity contribution is 7.80. The van der Waals surface area contributed by atoms with Crippen LogP contribution in [0.25, 0.3) is 0 Å². The maximum absolute atomic E-state index is 13.1. The van der Waals surface area contributed by atoms with Gasteiger partial charge in [0, 0.05) is 46.2 Å². The number of thiocarbonyl (C=S) groups is 1. The summed E-state index contributed by atoms with van der Waals surface area (Å²) in [5.74, 6) is -0.0322. The Balaban J connectivity index is 2.24. The van der Waals surface area contributed by atoms with Gasteiger partial charge in [-0.2, -0.15) is 0 Å². The number of hydrogen-bond donors (Lipinski definition) is 4. The maximum atomic E-state index is 13.1. The molecule has 10 nitrogen and oxygen atoms in total. The van der Waals surface area contributed by atoms with E-state index in [1.165, 1.54) is 18.0 Å². The fourth-order valence-corrected chi connectivity index (χ4v) is 4.36. The Kier molecular flexibility index (Phi) is 10.2. The summed E-state index contributed by atoms with van der Waals surface area (Å²) in [6, 6.07) is 6.72. The van der Waals surface area contributed by atoms with E-state index in [4.69, 9.17) is 22.4 Å².